The molecule has 0 saturated carbocycles. The van der Waals surface area contributed by atoms with E-state index >= 15 is 0 Å². The van der Waals surface area contributed by atoms with Crippen LogP contribution >= 0.6 is 0 Å². The predicted octanol–water partition coefficient (Wildman–Crippen LogP) is 2.26. The third-order valence-corrected chi connectivity index (χ3v) is 2.08. The molecule has 1 unspecified atom stereocenters. The smallest absolute Gasteiger partial charge is 0.210 e. The summed E-state index contributed by atoms with van der Waals surface area (Å²) in [6, 6.07) is 0. The molecule has 11 heavy (non-hydrogen) atoms. The maximum absolute atomic E-state index is 5.66. The van der Waals surface area contributed by atoms with E-state index in [1.807, 2.05) is 18.2 Å². The SMILES string of the molecule is C[Si](C)(C)OC1C=CC=CO1. The molecule has 0 N–H and O–H groups in total. The molecular weight excluding hydrogens is 156 g/mol. The summed E-state index contributed by atoms with van der Waals surface area (Å²) in [4.78, 5) is 0. The summed E-state index contributed by atoms with van der Waals surface area (Å²) in [7, 11) is -1.45. The van der Waals surface area contributed by atoms with Crippen LogP contribution in [0.1, 0.15) is 0 Å². The molecule has 1 aliphatic heterocycles. The summed E-state index contributed by atoms with van der Waals surface area (Å²) >= 11 is 0. The van der Waals surface area contributed by atoms with E-state index in [0.717, 1.165) is 0 Å². The average molecular weight is 170 g/mol. The highest BCUT2D eigenvalue weighted by atomic mass is 28.4. The molecule has 0 saturated heterocycles. The van der Waals surface area contributed by atoms with Gasteiger partial charge in [0.05, 0.1) is 6.26 Å². The van der Waals surface area contributed by atoms with Gasteiger partial charge >= 0.3 is 0 Å². The van der Waals surface area contributed by atoms with Gasteiger partial charge in [-0.25, -0.2) is 0 Å². The molecule has 1 rings (SSSR count). The zero-order valence-electron chi connectivity index (χ0n) is 7.20. The Morgan fingerprint density at radius 2 is 2.00 bits per heavy atom. The van der Waals surface area contributed by atoms with Crippen LogP contribution in [-0.4, -0.2) is 14.6 Å². The van der Waals surface area contributed by atoms with Gasteiger partial charge in [-0.1, -0.05) is 6.08 Å². The number of hydrogen-bond acceptors (Lipinski definition) is 2. The Labute approximate surface area is 68.6 Å². The van der Waals surface area contributed by atoms with Gasteiger partial charge in [-0.15, -0.1) is 0 Å². The summed E-state index contributed by atoms with van der Waals surface area (Å²) in [5.41, 5.74) is 0. The Morgan fingerprint density at radius 1 is 1.27 bits per heavy atom. The summed E-state index contributed by atoms with van der Waals surface area (Å²) in [6.45, 7) is 6.42. The van der Waals surface area contributed by atoms with E-state index in [1.165, 1.54) is 0 Å². The second kappa shape index (κ2) is 3.24. The van der Waals surface area contributed by atoms with E-state index in [2.05, 4.69) is 19.6 Å². The van der Waals surface area contributed by atoms with Gasteiger partial charge in [0.1, 0.15) is 0 Å². The minimum absolute atomic E-state index is 0.160. The third-order valence-electron chi connectivity index (χ3n) is 1.14. The number of hydrogen-bond donors (Lipinski definition) is 0. The lowest BCUT2D eigenvalue weighted by Crippen LogP contribution is -2.32. The van der Waals surface area contributed by atoms with Crippen LogP contribution in [0.4, 0.5) is 0 Å². The average Bonchev–Trinajstić information content (AvgIpc) is 1.85. The molecule has 0 aromatic heterocycles. The first-order valence-electron chi connectivity index (χ1n) is 3.74. The minimum atomic E-state index is -1.45. The molecule has 62 valence electrons. The third kappa shape index (κ3) is 3.39. The molecular formula is C8H14O2Si. The zero-order chi connectivity index (χ0) is 8.32. The molecule has 0 bridgehead atoms. The maximum atomic E-state index is 5.66. The Bertz CT molecular complexity index is 179. The van der Waals surface area contributed by atoms with Gasteiger partial charge in [0.2, 0.25) is 6.29 Å². The van der Waals surface area contributed by atoms with Crippen LogP contribution in [0.15, 0.2) is 24.5 Å². The number of allylic oxidation sites excluding steroid dienone is 2. The second-order valence-corrected chi connectivity index (χ2v) is 7.91. The highest BCUT2D eigenvalue weighted by Crippen LogP contribution is 2.11. The van der Waals surface area contributed by atoms with Crippen LogP contribution in [0.25, 0.3) is 0 Å². The Hall–Kier alpha value is -0.543. The summed E-state index contributed by atoms with van der Waals surface area (Å²) in [6.07, 6.45) is 7.20. The van der Waals surface area contributed by atoms with Crippen molar-refractivity contribution in [3.05, 3.63) is 24.5 Å². The lowest BCUT2D eigenvalue weighted by atomic mass is 10.4. The Kier molecular flexibility index (Phi) is 2.52. The molecule has 0 radical (unpaired) electrons. The molecule has 0 aliphatic carbocycles. The van der Waals surface area contributed by atoms with Gasteiger partial charge in [0.25, 0.3) is 0 Å². The fourth-order valence-corrected chi connectivity index (χ4v) is 1.61. The molecule has 3 heteroatoms. The lowest BCUT2D eigenvalue weighted by molar-refractivity contribution is 0.00178. The van der Waals surface area contributed by atoms with Crippen molar-refractivity contribution in [2.24, 2.45) is 0 Å². The summed E-state index contributed by atoms with van der Waals surface area (Å²) < 4.78 is 10.9. The molecule has 1 atom stereocenters. The minimum Gasteiger partial charge on any atom is -0.470 e. The fourth-order valence-electron chi connectivity index (χ4n) is 0.784. The predicted molar refractivity (Wildman–Crippen MR) is 47.6 cm³/mol. The van der Waals surface area contributed by atoms with Gasteiger partial charge in [0, 0.05) is 0 Å². The molecule has 1 aliphatic rings. The first kappa shape index (κ1) is 8.55. The van der Waals surface area contributed by atoms with Gasteiger partial charge in [-0.3, -0.25) is 0 Å². The van der Waals surface area contributed by atoms with E-state index in [0.29, 0.717) is 0 Å². The molecule has 0 aromatic carbocycles. The van der Waals surface area contributed by atoms with E-state index in [-0.39, 0.29) is 6.29 Å². The Morgan fingerprint density at radius 3 is 2.45 bits per heavy atom. The van der Waals surface area contributed by atoms with Gasteiger partial charge in [-0.05, 0) is 31.8 Å². The Balaban J connectivity index is 2.39. The van der Waals surface area contributed by atoms with Gasteiger partial charge in [0.15, 0.2) is 8.32 Å². The fraction of sp³-hybridized carbons (Fsp3) is 0.500. The van der Waals surface area contributed by atoms with Crippen LogP contribution < -0.4 is 0 Å². The number of ether oxygens (including phenoxy) is 1. The van der Waals surface area contributed by atoms with Crippen LogP contribution in [0.2, 0.25) is 19.6 Å². The summed E-state index contributed by atoms with van der Waals surface area (Å²) in [5.74, 6) is 0. The maximum Gasteiger partial charge on any atom is 0.210 e. The standard InChI is InChI=1S/C8H14O2Si/c1-11(2,3)10-8-6-4-5-7-9-8/h4-8H,1-3H3. The molecule has 2 nitrogen and oxygen atoms in total. The highest BCUT2D eigenvalue weighted by Gasteiger charge is 2.19. The summed E-state index contributed by atoms with van der Waals surface area (Å²) in [5, 5.41) is 0. The van der Waals surface area contributed by atoms with Crippen LogP contribution in [-0.2, 0) is 9.16 Å². The van der Waals surface area contributed by atoms with Crippen molar-refractivity contribution in [1.82, 2.24) is 0 Å². The van der Waals surface area contributed by atoms with Crippen molar-refractivity contribution >= 4 is 8.32 Å². The van der Waals surface area contributed by atoms with Crippen molar-refractivity contribution in [3.63, 3.8) is 0 Å². The van der Waals surface area contributed by atoms with Crippen molar-refractivity contribution in [2.45, 2.75) is 25.9 Å². The normalized spacial score (nSPS) is 23.4. The molecule has 1 heterocycles. The van der Waals surface area contributed by atoms with Crippen LogP contribution in [0, 0.1) is 0 Å². The topological polar surface area (TPSA) is 18.5 Å². The second-order valence-electron chi connectivity index (χ2n) is 3.45. The zero-order valence-corrected chi connectivity index (χ0v) is 8.20. The number of rotatable bonds is 2. The van der Waals surface area contributed by atoms with Gasteiger partial charge in [-0.2, -0.15) is 0 Å². The van der Waals surface area contributed by atoms with E-state index in [9.17, 15) is 0 Å². The molecule has 0 aromatic rings. The highest BCUT2D eigenvalue weighted by molar-refractivity contribution is 6.69. The first-order chi connectivity index (χ1) is 5.08. The quantitative estimate of drug-likeness (QED) is 0.592. The monoisotopic (exact) mass is 170 g/mol. The molecule has 0 amide bonds. The molecule has 0 spiro atoms. The van der Waals surface area contributed by atoms with E-state index < -0.39 is 8.32 Å². The van der Waals surface area contributed by atoms with Crippen molar-refractivity contribution in [2.75, 3.05) is 0 Å². The van der Waals surface area contributed by atoms with Crippen molar-refractivity contribution in [3.8, 4) is 0 Å². The van der Waals surface area contributed by atoms with Crippen molar-refractivity contribution < 1.29 is 9.16 Å². The van der Waals surface area contributed by atoms with Gasteiger partial charge < -0.3 is 9.16 Å². The van der Waals surface area contributed by atoms with E-state index in [4.69, 9.17) is 9.16 Å². The van der Waals surface area contributed by atoms with Crippen LogP contribution in [0.5, 0.6) is 0 Å². The van der Waals surface area contributed by atoms with Crippen molar-refractivity contribution in [1.29, 1.82) is 0 Å². The largest absolute Gasteiger partial charge is 0.470 e. The van der Waals surface area contributed by atoms with E-state index in [1.54, 1.807) is 6.26 Å². The first-order valence-corrected chi connectivity index (χ1v) is 7.15. The van der Waals surface area contributed by atoms with Crippen LogP contribution in [0.3, 0.4) is 0 Å². The molecule has 0 fully saturated rings. The lowest BCUT2D eigenvalue weighted by Gasteiger charge is -2.24.